The number of esters is 2. The van der Waals surface area contributed by atoms with Crippen LogP contribution in [0.2, 0.25) is 0 Å². The van der Waals surface area contributed by atoms with Crippen LogP contribution >= 0.6 is 0 Å². The number of benzene rings is 2. The normalized spacial score (nSPS) is 17.4. The number of unbranched alkanes of at least 4 members (excludes halogenated alkanes) is 2. The van der Waals surface area contributed by atoms with E-state index < -0.39 is 25.2 Å². The summed E-state index contributed by atoms with van der Waals surface area (Å²) in [6.07, 6.45) is 8.68. The zero-order chi connectivity index (χ0) is 27.5. The quantitative estimate of drug-likeness (QED) is 0.189. The van der Waals surface area contributed by atoms with Gasteiger partial charge in [0.25, 0.3) is 0 Å². The lowest BCUT2D eigenvalue weighted by molar-refractivity contribution is -0.146. The van der Waals surface area contributed by atoms with Crippen molar-refractivity contribution in [3.63, 3.8) is 0 Å². The predicted molar refractivity (Wildman–Crippen MR) is 150 cm³/mol. The molecule has 0 unspecified atom stereocenters. The fourth-order valence-electron chi connectivity index (χ4n) is 5.25. The third kappa shape index (κ3) is 8.27. The van der Waals surface area contributed by atoms with Crippen LogP contribution < -0.4 is 0 Å². The molecule has 0 radical (unpaired) electrons. The van der Waals surface area contributed by atoms with E-state index in [1.807, 2.05) is 0 Å². The molecule has 6 nitrogen and oxygen atoms in total. The Hall–Kier alpha value is -2.96. The maximum Gasteiger partial charge on any atom is 0.335 e. The second kappa shape index (κ2) is 14.8. The number of ether oxygens (including phenoxy) is 2. The monoisotopic (exact) mass is 522 g/mol. The summed E-state index contributed by atoms with van der Waals surface area (Å²) in [5.74, 6) is -0.828. The van der Waals surface area contributed by atoms with Crippen molar-refractivity contribution in [2.75, 3.05) is 26.4 Å². The Morgan fingerprint density at radius 3 is 2.03 bits per heavy atom. The van der Waals surface area contributed by atoms with Gasteiger partial charge in [0.1, 0.15) is 0 Å². The van der Waals surface area contributed by atoms with Gasteiger partial charge in [0.05, 0.1) is 37.6 Å². The lowest BCUT2D eigenvalue weighted by Crippen LogP contribution is -2.31. The number of rotatable bonds is 14. The Balaban J connectivity index is 1.62. The van der Waals surface area contributed by atoms with Gasteiger partial charge in [0.2, 0.25) is 0 Å². The number of aliphatic hydroxyl groups is 2. The van der Waals surface area contributed by atoms with Crippen molar-refractivity contribution >= 4 is 22.7 Å². The SMILES string of the molecule is C=C(CO)C(=O)OCC(COC(=O)C(=C)CO)C1CCC(c2ccc3cc(CCCCC)ccc3c2)CC1. The number of carbonyl (C=O) groups excluding carboxylic acids is 2. The van der Waals surface area contributed by atoms with E-state index in [9.17, 15) is 9.59 Å². The van der Waals surface area contributed by atoms with Crippen molar-refractivity contribution in [3.8, 4) is 0 Å². The highest BCUT2D eigenvalue weighted by Gasteiger charge is 2.30. The predicted octanol–water partition coefficient (Wildman–Crippen LogP) is 5.65. The molecule has 0 atom stereocenters. The Morgan fingerprint density at radius 2 is 1.45 bits per heavy atom. The molecule has 0 aromatic heterocycles. The van der Waals surface area contributed by atoms with E-state index in [2.05, 4.69) is 56.5 Å². The third-order valence-corrected chi connectivity index (χ3v) is 7.72. The summed E-state index contributed by atoms with van der Waals surface area (Å²) >= 11 is 0. The summed E-state index contributed by atoms with van der Waals surface area (Å²) in [4.78, 5) is 24.1. The van der Waals surface area contributed by atoms with Gasteiger partial charge in [-0.25, -0.2) is 9.59 Å². The molecule has 6 heteroatoms. The maximum absolute atomic E-state index is 12.0. The fourth-order valence-corrected chi connectivity index (χ4v) is 5.25. The maximum atomic E-state index is 12.0. The van der Waals surface area contributed by atoms with E-state index in [1.165, 1.54) is 41.2 Å². The van der Waals surface area contributed by atoms with E-state index >= 15 is 0 Å². The van der Waals surface area contributed by atoms with E-state index in [0.717, 1.165) is 32.1 Å². The molecule has 1 fully saturated rings. The lowest BCUT2D eigenvalue weighted by atomic mass is 9.74. The van der Waals surface area contributed by atoms with Crippen LogP contribution in [-0.2, 0) is 25.5 Å². The first-order valence-electron chi connectivity index (χ1n) is 13.8. The van der Waals surface area contributed by atoms with Crippen LogP contribution in [0.5, 0.6) is 0 Å². The van der Waals surface area contributed by atoms with Crippen molar-refractivity contribution in [2.45, 2.75) is 64.2 Å². The van der Waals surface area contributed by atoms with E-state index in [1.54, 1.807) is 0 Å². The molecule has 206 valence electrons. The molecule has 2 aromatic rings. The minimum Gasteiger partial charge on any atom is -0.462 e. The molecule has 38 heavy (non-hydrogen) atoms. The number of carbonyl (C=O) groups is 2. The van der Waals surface area contributed by atoms with E-state index in [-0.39, 0.29) is 36.2 Å². The first-order valence-corrected chi connectivity index (χ1v) is 13.8. The number of hydrogen-bond acceptors (Lipinski definition) is 6. The zero-order valence-corrected chi connectivity index (χ0v) is 22.6. The Bertz CT molecular complexity index is 1080. The van der Waals surface area contributed by atoms with E-state index in [4.69, 9.17) is 19.7 Å². The molecule has 0 bridgehead atoms. The number of fused-ring (bicyclic) bond motifs is 1. The van der Waals surface area contributed by atoms with Gasteiger partial charge in [0.15, 0.2) is 0 Å². The Morgan fingerprint density at radius 1 is 0.868 bits per heavy atom. The molecule has 2 N–H and O–H groups in total. The Labute approximate surface area is 226 Å². The first kappa shape index (κ1) is 29.6. The summed E-state index contributed by atoms with van der Waals surface area (Å²) in [7, 11) is 0. The van der Waals surface area contributed by atoms with Crippen LogP contribution in [0.3, 0.4) is 0 Å². The molecule has 0 saturated heterocycles. The van der Waals surface area contributed by atoms with Gasteiger partial charge in [-0.05, 0) is 72.3 Å². The van der Waals surface area contributed by atoms with Gasteiger partial charge in [-0.1, -0.05) is 69.3 Å². The number of aliphatic hydroxyl groups excluding tert-OH is 2. The highest BCUT2D eigenvalue weighted by atomic mass is 16.5. The first-order chi connectivity index (χ1) is 18.4. The summed E-state index contributed by atoms with van der Waals surface area (Å²) in [5.41, 5.74) is 2.73. The van der Waals surface area contributed by atoms with Crippen molar-refractivity contribution in [3.05, 3.63) is 71.8 Å². The molecule has 0 heterocycles. The topological polar surface area (TPSA) is 93.1 Å². The molecular formula is C32H42O6. The van der Waals surface area contributed by atoms with Crippen LogP contribution in [0, 0.1) is 11.8 Å². The molecule has 1 aliphatic carbocycles. The summed E-state index contributed by atoms with van der Waals surface area (Å²) in [6.45, 7) is 8.46. The van der Waals surface area contributed by atoms with Crippen molar-refractivity contribution < 1.29 is 29.3 Å². The van der Waals surface area contributed by atoms with Crippen molar-refractivity contribution in [1.29, 1.82) is 0 Å². The third-order valence-electron chi connectivity index (χ3n) is 7.72. The van der Waals surface area contributed by atoms with Crippen molar-refractivity contribution in [1.82, 2.24) is 0 Å². The second-order valence-corrected chi connectivity index (χ2v) is 10.5. The molecule has 0 aliphatic heterocycles. The molecule has 0 amide bonds. The smallest absolute Gasteiger partial charge is 0.335 e. The minimum absolute atomic E-state index is 0.0116. The van der Waals surface area contributed by atoms with E-state index in [0.29, 0.717) is 5.92 Å². The summed E-state index contributed by atoms with van der Waals surface area (Å²) < 4.78 is 10.7. The van der Waals surface area contributed by atoms with Crippen LogP contribution in [0.1, 0.15) is 68.9 Å². The van der Waals surface area contributed by atoms with Gasteiger partial charge in [-0.3, -0.25) is 0 Å². The standard InChI is InChI=1S/C32H42O6/c1-4-5-6-7-24-8-9-29-17-28(15-14-27(29)16-24)25-10-12-26(13-11-25)30(20-37-31(35)22(2)18-33)21-38-32(36)23(3)19-34/h8-9,14-17,25-26,30,33-34H,2-7,10-13,18-21H2,1H3. The Kier molecular flexibility index (Phi) is 11.6. The largest absolute Gasteiger partial charge is 0.462 e. The van der Waals surface area contributed by atoms with Crippen LogP contribution in [0.15, 0.2) is 60.7 Å². The summed E-state index contributed by atoms with van der Waals surface area (Å²) in [6, 6.07) is 13.6. The lowest BCUT2D eigenvalue weighted by Gasteiger charge is -2.33. The van der Waals surface area contributed by atoms with Crippen LogP contribution in [0.25, 0.3) is 10.8 Å². The van der Waals surface area contributed by atoms with Gasteiger partial charge in [0, 0.05) is 5.92 Å². The average molecular weight is 523 g/mol. The van der Waals surface area contributed by atoms with Gasteiger partial charge >= 0.3 is 11.9 Å². The van der Waals surface area contributed by atoms with Crippen LogP contribution in [-0.4, -0.2) is 48.6 Å². The number of aryl methyl sites for hydroxylation is 1. The zero-order valence-electron chi connectivity index (χ0n) is 22.6. The fraction of sp³-hybridized carbons (Fsp3) is 0.500. The molecular weight excluding hydrogens is 480 g/mol. The average Bonchev–Trinajstić information content (AvgIpc) is 2.95. The van der Waals surface area contributed by atoms with Gasteiger partial charge in [-0.15, -0.1) is 0 Å². The van der Waals surface area contributed by atoms with Gasteiger partial charge < -0.3 is 19.7 Å². The molecule has 1 saturated carbocycles. The molecule has 2 aromatic carbocycles. The van der Waals surface area contributed by atoms with Gasteiger partial charge in [-0.2, -0.15) is 0 Å². The second-order valence-electron chi connectivity index (χ2n) is 10.5. The highest BCUT2D eigenvalue weighted by Crippen LogP contribution is 2.40. The molecule has 1 aliphatic rings. The summed E-state index contributed by atoms with van der Waals surface area (Å²) in [5, 5.41) is 20.8. The molecule has 0 spiro atoms. The van der Waals surface area contributed by atoms with Crippen molar-refractivity contribution in [2.24, 2.45) is 11.8 Å². The number of hydrogen-bond donors (Lipinski definition) is 2. The van der Waals surface area contributed by atoms with Crippen LogP contribution in [0.4, 0.5) is 0 Å². The highest BCUT2D eigenvalue weighted by molar-refractivity contribution is 5.88. The minimum atomic E-state index is -0.651. The molecule has 3 rings (SSSR count).